The second kappa shape index (κ2) is 11.7. The lowest BCUT2D eigenvalue weighted by molar-refractivity contribution is -0.00448. The second-order valence-electron chi connectivity index (χ2n) is 11.1. The summed E-state index contributed by atoms with van der Waals surface area (Å²) in [6, 6.07) is 2.02. The highest BCUT2D eigenvalue weighted by Crippen LogP contribution is 2.40. The van der Waals surface area contributed by atoms with Crippen LogP contribution in [0.1, 0.15) is 24.8 Å². The maximum absolute atomic E-state index is 16.8. The maximum atomic E-state index is 16.8. The number of likely N-dealkylation sites (tertiary alicyclic amines) is 1. The van der Waals surface area contributed by atoms with E-state index in [1.807, 2.05) is 4.90 Å². The molecule has 4 aromatic rings. The summed E-state index contributed by atoms with van der Waals surface area (Å²) in [7, 11) is 2.06. The summed E-state index contributed by atoms with van der Waals surface area (Å²) in [5, 5.41) is 8.56. The first-order valence-electron chi connectivity index (χ1n) is 14.5. The van der Waals surface area contributed by atoms with Gasteiger partial charge in [0.2, 0.25) is 0 Å². The van der Waals surface area contributed by atoms with Gasteiger partial charge in [-0.2, -0.15) is 15.1 Å². The first-order chi connectivity index (χ1) is 21.0. The number of aromatic nitrogens is 5. The summed E-state index contributed by atoms with van der Waals surface area (Å²) in [4.78, 5) is 30.7. The number of fused-ring (bicyclic) bond motifs is 7. The van der Waals surface area contributed by atoms with Gasteiger partial charge >= 0.3 is 12.2 Å². The third-order valence-corrected chi connectivity index (χ3v) is 8.68. The van der Waals surface area contributed by atoms with Crippen molar-refractivity contribution in [2.75, 3.05) is 58.0 Å². The van der Waals surface area contributed by atoms with E-state index in [-0.39, 0.29) is 43.0 Å². The zero-order valence-electron chi connectivity index (χ0n) is 23.6. The predicted molar refractivity (Wildman–Crippen MR) is 156 cm³/mol. The van der Waals surface area contributed by atoms with Gasteiger partial charge in [-0.3, -0.25) is 10.1 Å². The van der Waals surface area contributed by atoms with E-state index in [9.17, 15) is 4.79 Å². The molecule has 2 fully saturated rings. The molecule has 7 heterocycles. The fourth-order valence-electron chi connectivity index (χ4n) is 6.10. The molecule has 0 saturated carbocycles. The Morgan fingerprint density at radius 2 is 2.09 bits per heavy atom. The SMILES string of the molecule is CN1CCC[C@H]1COc1nc2c3cnc(c(F)c3n1)-c1c(c(Cl)cc3[nH]ncc13)CCCOC(=O)O[C@@H]1COCCN2C1. The topological polar surface area (TPSA) is 128 Å². The van der Waals surface area contributed by atoms with E-state index in [4.69, 9.17) is 35.5 Å². The molecule has 0 radical (unpaired) electrons. The average Bonchev–Trinajstić information content (AvgIpc) is 3.56. The number of halogens is 2. The molecule has 1 aromatic carbocycles. The molecule has 0 unspecified atom stereocenters. The van der Waals surface area contributed by atoms with Crippen molar-refractivity contribution in [1.29, 1.82) is 0 Å². The Labute approximate surface area is 251 Å². The van der Waals surface area contributed by atoms with Crippen molar-refractivity contribution in [2.24, 2.45) is 0 Å². The van der Waals surface area contributed by atoms with E-state index in [0.717, 1.165) is 19.4 Å². The number of anilines is 1. The molecule has 1 N–H and O–H groups in total. The number of ether oxygens (including phenoxy) is 4. The van der Waals surface area contributed by atoms with Crippen LogP contribution in [0.3, 0.4) is 0 Å². The van der Waals surface area contributed by atoms with E-state index in [1.54, 1.807) is 18.5 Å². The van der Waals surface area contributed by atoms with E-state index in [2.05, 4.69) is 32.1 Å². The number of hydrogen-bond donors (Lipinski definition) is 1. The molecule has 12 nitrogen and oxygen atoms in total. The van der Waals surface area contributed by atoms with E-state index >= 15 is 4.39 Å². The van der Waals surface area contributed by atoms with E-state index in [0.29, 0.717) is 70.9 Å². The van der Waals surface area contributed by atoms with E-state index in [1.165, 1.54) is 0 Å². The molecule has 4 aliphatic rings. The minimum atomic E-state index is -0.784. The highest BCUT2D eigenvalue weighted by molar-refractivity contribution is 6.33. The van der Waals surface area contributed by atoms with Crippen molar-refractivity contribution in [3.8, 4) is 17.3 Å². The first-order valence-corrected chi connectivity index (χ1v) is 14.8. The molecular formula is C29H31ClFN7O5. The molecule has 0 amide bonds. The zero-order valence-corrected chi connectivity index (χ0v) is 24.4. The van der Waals surface area contributed by atoms with Crippen LogP contribution in [0.25, 0.3) is 33.1 Å². The Hall–Kier alpha value is -3.81. The smallest absolute Gasteiger partial charge is 0.462 e. The Morgan fingerprint density at radius 1 is 1.19 bits per heavy atom. The number of likely N-dealkylation sites (N-methyl/N-ethyl adjacent to an activating group) is 1. The normalized spacial score (nSPS) is 21.7. The molecule has 2 saturated heterocycles. The quantitative estimate of drug-likeness (QED) is 0.336. The number of carbonyl (C=O) groups excluding carboxylic acids is 1. The largest absolute Gasteiger partial charge is 0.508 e. The van der Waals surface area contributed by atoms with Gasteiger partial charge in [0.15, 0.2) is 5.82 Å². The monoisotopic (exact) mass is 611 g/mol. The highest BCUT2D eigenvalue weighted by atomic mass is 35.5. The van der Waals surface area contributed by atoms with Gasteiger partial charge in [0.1, 0.15) is 29.7 Å². The third kappa shape index (κ3) is 5.41. The molecule has 14 heteroatoms. The predicted octanol–water partition coefficient (Wildman–Crippen LogP) is 4.14. The molecule has 0 aliphatic carbocycles. The molecule has 4 aliphatic heterocycles. The van der Waals surface area contributed by atoms with Crippen LogP contribution >= 0.6 is 11.6 Å². The molecule has 2 atom stereocenters. The Morgan fingerprint density at radius 3 is 2.95 bits per heavy atom. The van der Waals surface area contributed by atoms with Gasteiger partial charge in [-0.25, -0.2) is 9.18 Å². The van der Waals surface area contributed by atoms with Crippen LogP contribution < -0.4 is 9.64 Å². The number of benzene rings is 1. The lowest BCUT2D eigenvalue weighted by atomic mass is 9.95. The standard InChI is InChI=1S/C29H31ClFN7O5/c1-37-6-2-4-16(37)14-42-28-34-25-20-11-32-26(24(25)31)23-18(21(30)10-22-19(23)12-33-36-22)5-3-8-41-29(39)43-17-13-38(27(20)35-28)7-9-40-15-17/h10-12,16-17H,2-9,13-15H2,1H3,(H,33,36)/t16-,17-/m0/s1. The fourth-order valence-corrected chi connectivity index (χ4v) is 6.39. The van der Waals surface area contributed by atoms with Crippen molar-refractivity contribution in [1.82, 2.24) is 30.0 Å². The summed E-state index contributed by atoms with van der Waals surface area (Å²) in [6.45, 7) is 2.66. The number of aromatic amines is 1. The Kier molecular flexibility index (Phi) is 7.62. The molecule has 8 rings (SSSR count). The fraction of sp³-hybridized carbons (Fsp3) is 0.483. The highest BCUT2D eigenvalue weighted by Gasteiger charge is 2.29. The van der Waals surface area contributed by atoms with Crippen molar-refractivity contribution in [2.45, 2.75) is 37.8 Å². The molecule has 6 bridgehead atoms. The number of nitrogens with zero attached hydrogens (tertiary/aromatic N) is 6. The van der Waals surface area contributed by atoms with Crippen LogP contribution in [-0.4, -0.2) is 101 Å². The van der Waals surface area contributed by atoms with E-state index < -0.39 is 18.1 Å². The summed E-state index contributed by atoms with van der Waals surface area (Å²) < 4.78 is 39.7. The van der Waals surface area contributed by atoms with Crippen LogP contribution in [-0.2, 0) is 20.6 Å². The number of nitrogens with one attached hydrogen (secondary N) is 1. The number of carbonyl (C=O) groups is 1. The lowest BCUT2D eigenvalue weighted by Gasteiger charge is -2.26. The van der Waals surface area contributed by atoms with Gasteiger partial charge < -0.3 is 28.7 Å². The Bertz CT molecular complexity index is 1690. The van der Waals surface area contributed by atoms with Gasteiger partial charge in [-0.05, 0) is 50.9 Å². The second-order valence-corrected chi connectivity index (χ2v) is 11.5. The summed E-state index contributed by atoms with van der Waals surface area (Å²) in [5.41, 5.74) is 1.96. The minimum absolute atomic E-state index is 0.0572. The summed E-state index contributed by atoms with van der Waals surface area (Å²) in [6.07, 6.45) is 4.68. The molecule has 226 valence electrons. The molecular weight excluding hydrogens is 581 g/mol. The Balaban J connectivity index is 1.42. The number of hydrogen-bond acceptors (Lipinski definition) is 11. The van der Waals surface area contributed by atoms with Crippen LogP contribution in [0.4, 0.5) is 15.0 Å². The molecule has 0 spiro atoms. The van der Waals surface area contributed by atoms with Crippen molar-refractivity contribution >= 4 is 45.4 Å². The molecule has 43 heavy (non-hydrogen) atoms. The summed E-state index contributed by atoms with van der Waals surface area (Å²) >= 11 is 6.73. The maximum Gasteiger partial charge on any atom is 0.508 e. The minimum Gasteiger partial charge on any atom is -0.462 e. The molecule has 3 aromatic heterocycles. The van der Waals surface area contributed by atoms with Crippen LogP contribution in [0, 0.1) is 5.82 Å². The van der Waals surface area contributed by atoms with Gasteiger partial charge in [0.25, 0.3) is 0 Å². The number of H-pyrrole nitrogens is 1. The number of pyridine rings is 1. The van der Waals surface area contributed by atoms with Crippen molar-refractivity contribution in [3.63, 3.8) is 0 Å². The van der Waals surface area contributed by atoms with Gasteiger partial charge in [-0.15, -0.1) is 0 Å². The summed E-state index contributed by atoms with van der Waals surface area (Å²) in [5.74, 6) is -0.204. The van der Waals surface area contributed by atoms with Gasteiger partial charge in [0, 0.05) is 34.8 Å². The number of rotatable bonds is 3. The van der Waals surface area contributed by atoms with Crippen LogP contribution in [0.5, 0.6) is 6.01 Å². The average molecular weight is 612 g/mol. The first kappa shape index (κ1) is 28.0. The van der Waals surface area contributed by atoms with Gasteiger partial charge in [0.05, 0.1) is 43.5 Å². The zero-order chi connectivity index (χ0) is 29.5. The van der Waals surface area contributed by atoms with Crippen LogP contribution in [0.15, 0.2) is 18.5 Å². The van der Waals surface area contributed by atoms with Crippen LogP contribution in [0.2, 0.25) is 5.02 Å². The van der Waals surface area contributed by atoms with Crippen molar-refractivity contribution < 1.29 is 28.1 Å². The lowest BCUT2D eigenvalue weighted by Crippen LogP contribution is -2.36. The third-order valence-electron chi connectivity index (χ3n) is 8.34. The van der Waals surface area contributed by atoms with Gasteiger partial charge in [-0.1, -0.05) is 11.6 Å². The van der Waals surface area contributed by atoms with Crippen molar-refractivity contribution in [3.05, 3.63) is 34.9 Å².